The van der Waals surface area contributed by atoms with Crippen LogP contribution in [0.5, 0.6) is 11.5 Å². The first-order valence-corrected chi connectivity index (χ1v) is 7.42. The van der Waals surface area contributed by atoms with Gasteiger partial charge in [-0.25, -0.2) is 0 Å². The molecule has 1 aromatic carbocycles. The predicted molar refractivity (Wildman–Crippen MR) is 82.8 cm³/mol. The van der Waals surface area contributed by atoms with Gasteiger partial charge in [0.25, 0.3) is 0 Å². The number of ether oxygens (including phenoxy) is 2. The second-order valence-corrected chi connectivity index (χ2v) is 6.02. The van der Waals surface area contributed by atoms with Crippen LogP contribution in [0.4, 0.5) is 0 Å². The van der Waals surface area contributed by atoms with E-state index in [9.17, 15) is 5.11 Å². The Morgan fingerprint density at radius 2 is 2.05 bits per heavy atom. The molecule has 0 spiro atoms. The molecule has 118 valence electrons. The Labute approximate surface area is 126 Å². The Kier molecular flexibility index (Phi) is 5.45. The molecule has 1 aromatic rings. The Morgan fingerprint density at radius 1 is 1.33 bits per heavy atom. The largest absolute Gasteiger partial charge is 0.504 e. The molecular weight excluding hydrogens is 268 g/mol. The average Bonchev–Trinajstić information content (AvgIpc) is 2.48. The van der Waals surface area contributed by atoms with Crippen LogP contribution in [-0.4, -0.2) is 55.5 Å². The van der Waals surface area contributed by atoms with Crippen molar-refractivity contribution >= 4 is 0 Å². The summed E-state index contributed by atoms with van der Waals surface area (Å²) in [6, 6.07) is 5.50. The Bertz CT molecular complexity index is 457. The number of rotatable bonds is 6. The fourth-order valence-corrected chi connectivity index (χ4v) is 2.64. The molecule has 0 saturated carbocycles. The van der Waals surface area contributed by atoms with Crippen molar-refractivity contribution < 1.29 is 14.6 Å². The number of nitrogens with one attached hydrogen (secondary N) is 1. The van der Waals surface area contributed by atoms with Gasteiger partial charge >= 0.3 is 0 Å². The molecule has 2 rings (SSSR count). The number of aromatic hydroxyl groups is 1. The number of phenols is 1. The van der Waals surface area contributed by atoms with Crippen molar-refractivity contribution in [1.82, 2.24) is 10.2 Å². The lowest BCUT2D eigenvalue weighted by Crippen LogP contribution is -2.54. The van der Waals surface area contributed by atoms with Gasteiger partial charge in [0.2, 0.25) is 0 Å². The van der Waals surface area contributed by atoms with Crippen LogP contribution >= 0.6 is 0 Å². The molecule has 1 fully saturated rings. The summed E-state index contributed by atoms with van der Waals surface area (Å²) < 4.78 is 10.5. The smallest absolute Gasteiger partial charge is 0.160 e. The highest BCUT2D eigenvalue weighted by Gasteiger charge is 2.27. The number of methoxy groups -OCH3 is 1. The van der Waals surface area contributed by atoms with Crippen molar-refractivity contribution in [3.63, 3.8) is 0 Å². The van der Waals surface area contributed by atoms with Crippen LogP contribution in [0.3, 0.4) is 0 Å². The minimum atomic E-state index is 0.0955. The molecule has 1 aliphatic heterocycles. The highest BCUT2D eigenvalue weighted by atomic mass is 16.5. The number of hydrogen-bond acceptors (Lipinski definition) is 5. The molecule has 1 aliphatic rings. The molecule has 0 unspecified atom stereocenters. The number of phenolic OH excluding ortho intramolecular Hbond substituents is 1. The van der Waals surface area contributed by atoms with Crippen LogP contribution in [0.2, 0.25) is 0 Å². The summed E-state index contributed by atoms with van der Waals surface area (Å²) >= 11 is 0. The monoisotopic (exact) mass is 294 g/mol. The van der Waals surface area contributed by atoms with E-state index in [1.807, 2.05) is 6.07 Å². The third kappa shape index (κ3) is 4.33. The third-order valence-electron chi connectivity index (χ3n) is 4.00. The fourth-order valence-electron chi connectivity index (χ4n) is 2.64. The first-order valence-electron chi connectivity index (χ1n) is 7.42. The van der Waals surface area contributed by atoms with Crippen molar-refractivity contribution in [2.24, 2.45) is 0 Å². The molecular formula is C16H26N2O3. The quantitative estimate of drug-likeness (QED) is 0.835. The zero-order chi connectivity index (χ0) is 15.3. The molecule has 5 nitrogen and oxygen atoms in total. The maximum atomic E-state index is 9.78. The van der Waals surface area contributed by atoms with E-state index in [0.29, 0.717) is 5.75 Å². The topological polar surface area (TPSA) is 54.0 Å². The van der Waals surface area contributed by atoms with Crippen LogP contribution in [0.15, 0.2) is 18.2 Å². The summed E-state index contributed by atoms with van der Waals surface area (Å²) in [7, 11) is 1.55. The second kappa shape index (κ2) is 7.11. The number of morpholine rings is 1. The average molecular weight is 294 g/mol. The zero-order valence-corrected chi connectivity index (χ0v) is 13.2. The lowest BCUT2D eigenvalue weighted by molar-refractivity contribution is -0.00967. The second-order valence-electron chi connectivity index (χ2n) is 6.02. The van der Waals surface area contributed by atoms with E-state index >= 15 is 0 Å². The Morgan fingerprint density at radius 3 is 2.67 bits per heavy atom. The van der Waals surface area contributed by atoms with Gasteiger partial charge in [-0.3, -0.25) is 4.90 Å². The molecule has 0 atom stereocenters. The van der Waals surface area contributed by atoms with Crippen molar-refractivity contribution in [3.8, 4) is 11.5 Å². The van der Waals surface area contributed by atoms with Gasteiger partial charge in [-0.05, 0) is 31.5 Å². The molecule has 0 aliphatic carbocycles. The van der Waals surface area contributed by atoms with Gasteiger partial charge in [0.15, 0.2) is 11.5 Å². The van der Waals surface area contributed by atoms with E-state index < -0.39 is 0 Å². The first kappa shape index (κ1) is 16.1. The maximum absolute atomic E-state index is 9.78. The molecule has 0 bridgehead atoms. The summed E-state index contributed by atoms with van der Waals surface area (Å²) in [5.41, 5.74) is 1.14. The SMILES string of the molecule is COc1ccc(CNCC(C)(C)N2CCOCC2)cc1O. The van der Waals surface area contributed by atoms with E-state index in [4.69, 9.17) is 9.47 Å². The molecule has 0 amide bonds. The molecule has 0 aromatic heterocycles. The zero-order valence-electron chi connectivity index (χ0n) is 13.2. The lowest BCUT2D eigenvalue weighted by Gasteiger charge is -2.41. The molecule has 1 heterocycles. The summed E-state index contributed by atoms with van der Waals surface area (Å²) in [6.07, 6.45) is 0. The van der Waals surface area contributed by atoms with Crippen LogP contribution in [-0.2, 0) is 11.3 Å². The van der Waals surface area contributed by atoms with Gasteiger partial charge < -0.3 is 19.9 Å². The van der Waals surface area contributed by atoms with Crippen LogP contribution in [0.25, 0.3) is 0 Å². The minimum Gasteiger partial charge on any atom is -0.504 e. The van der Waals surface area contributed by atoms with Gasteiger partial charge in [0.05, 0.1) is 20.3 Å². The highest BCUT2D eigenvalue weighted by Crippen LogP contribution is 2.26. The van der Waals surface area contributed by atoms with Crippen molar-refractivity contribution in [2.75, 3.05) is 40.0 Å². The number of hydrogen-bond donors (Lipinski definition) is 2. The van der Waals surface area contributed by atoms with E-state index in [2.05, 4.69) is 24.1 Å². The number of nitrogens with zero attached hydrogens (tertiary/aromatic N) is 1. The fraction of sp³-hybridized carbons (Fsp3) is 0.625. The standard InChI is InChI=1S/C16H26N2O3/c1-16(2,18-6-8-21-9-7-18)12-17-11-13-4-5-15(20-3)14(19)10-13/h4-5,10,17,19H,6-9,11-12H2,1-3H3. The van der Waals surface area contributed by atoms with E-state index in [0.717, 1.165) is 45.0 Å². The summed E-state index contributed by atoms with van der Waals surface area (Å²) in [5.74, 6) is 0.691. The summed E-state index contributed by atoms with van der Waals surface area (Å²) in [6.45, 7) is 9.71. The molecule has 1 saturated heterocycles. The van der Waals surface area contributed by atoms with Crippen molar-refractivity contribution in [1.29, 1.82) is 0 Å². The van der Waals surface area contributed by atoms with Gasteiger partial charge in [-0.2, -0.15) is 0 Å². The first-order chi connectivity index (χ1) is 10.0. The summed E-state index contributed by atoms with van der Waals surface area (Å²) in [5, 5.41) is 13.2. The lowest BCUT2D eigenvalue weighted by atomic mass is 10.0. The minimum absolute atomic E-state index is 0.0955. The van der Waals surface area contributed by atoms with Gasteiger partial charge in [-0.15, -0.1) is 0 Å². The molecule has 21 heavy (non-hydrogen) atoms. The molecule has 2 N–H and O–H groups in total. The highest BCUT2D eigenvalue weighted by molar-refractivity contribution is 5.41. The Hall–Kier alpha value is -1.30. The van der Waals surface area contributed by atoms with Gasteiger partial charge in [-0.1, -0.05) is 6.07 Å². The molecule has 0 radical (unpaired) electrons. The maximum Gasteiger partial charge on any atom is 0.160 e. The summed E-state index contributed by atoms with van der Waals surface area (Å²) in [4.78, 5) is 2.45. The van der Waals surface area contributed by atoms with E-state index in [1.54, 1.807) is 19.2 Å². The van der Waals surface area contributed by atoms with Crippen LogP contribution in [0, 0.1) is 0 Å². The van der Waals surface area contributed by atoms with Crippen molar-refractivity contribution in [3.05, 3.63) is 23.8 Å². The number of benzene rings is 1. The van der Waals surface area contributed by atoms with E-state index in [1.165, 1.54) is 0 Å². The van der Waals surface area contributed by atoms with E-state index in [-0.39, 0.29) is 11.3 Å². The predicted octanol–water partition coefficient (Wildman–Crippen LogP) is 1.60. The molecule has 5 heteroatoms. The van der Waals surface area contributed by atoms with Gasteiger partial charge in [0, 0.05) is 31.7 Å². The third-order valence-corrected chi connectivity index (χ3v) is 4.00. The van der Waals surface area contributed by atoms with Crippen LogP contribution < -0.4 is 10.1 Å². The van der Waals surface area contributed by atoms with Crippen LogP contribution in [0.1, 0.15) is 19.4 Å². The van der Waals surface area contributed by atoms with Gasteiger partial charge in [0.1, 0.15) is 0 Å². The Balaban J connectivity index is 1.84. The normalized spacial score (nSPS) is 16.9. The van der Waals surface area contributed by atoms with Crippen molar-refractivity contribution in [2.45, 2.75) is 25.9 Å².